The Morgan fingerprint density at radius 2 is 2.37 bits per heavy atom. The molecule has 6 heteroatoms. The molecule has 100 valence electrons. The van der Waals surface area contributed by atoms with Crippen molar-refractivity contribution >= 4 is 5.97 Å². The van der Waals surface area contributed by atoms with Crippen LogP contribution in [0.15, 0.2) is 23.1 Å². The van der Waals surface area contributed by atoms with Crippen molar-refractivity contribution < 1.29 is 9.90 Å². The van der Waals surface area contributed by atoms with Gasteiger partial charge in [-0.05, 0) is 18.6 Å². The Morgan fingerprint density at radius 1 is 1.58 bits per heavy atom. The van der Waals surface area contributed by atoms with Crippen LogP contribution in [0.1, 0.15) is 29.2 Å². The van der Waals surface area contributed by atoms with Gasteiger partial charge >= 0.3 is 5.97 Å². The molecule has 1 N–H and O–H groups in total. The van der Waals surface area contributed by atoms with Gasteiger partial charge in [0.1, 0.15) is 5.56 Å². The second-order valence-corrected chi connectivity index (χ2v) is 4.59. The summed E-state index contributed by atoms with van der Waals surface area (Å²) in [4.78, 5) is 25.1. The van der Waals surface area contributed by atoms with Crippen molar-refractivity contribution in [1.29, 1.82) is 5.26 Å². The molecular formula is C13H15N3O3. The predicted octanol–water partition coefficient (Wildman–Crippen LogP) is 0.707. The molecule has 1 aromatic heterocycles. The van der Waals surface area contributed by atoms with Gasteiger partial charge in [0, 0.05) is 32.3 Å². The fraction of sp³-hybridized carbons (Fsp3) is 0.462. The summed E-state index contributed by atoms with van der Waals surface area (Å²) in [6, 6.07) is 5.00. The van der Waals surface area contributed by atoms with Crippen molar-refractivity contribution in [1.82, 2.24) is 9.47 Å². The molecule has 0 aromatic carbocycles. The van der Waals surface area contributed by atoms with Crippen LogP contribution in [-0.4, -0.2) is 40.2 Å². The molecular weight excluding hydrogens is 246 g/mol. The number of hydrogen-bond acceptors (Lipinski definition) is 4. The molecule has 0 amide bonds. The molecule has 2 heterocycles. The Bertz CT molecular complexity index is 573. The van der Waals surface area contributed by atoms with Crippen LogP contribution in [-0.2, 0) is 0 Å². The first-order valence-corrected chi connectivity index (χ1v) is 6.17. The minimum Gasteiger partial charge on any atom is -0.477 e. The third-order valence-corrected chi connectivity index (χ3v) is 3.39. The molecule has 0 unspecified atom stereocenters. The van der Waals surface area contributed by atoms with Gasteiger partial charge in [0.05, 0.1) is 12.1 Å². The van der Waals surface area contributed by atoms with Gasteiger partial charge in [0.25, 0.3) is 5.56 Å². The molecule has 0 spiro atoms. The molecule has 0 bridgehead atoms. The van der Waals surface area contributed by atoms with Gasteiger partial charge < -0.3 is 14.6 Å². The number of nitrogens with zero attached hydrogens (tertiary/aromatic N) is 3. The minimum absolute atomic E-state index is 0.00880. The van der Waals surface area contributed by atoms with E-state index in [0.717, 1.165) is 13.0 Å². The van der Waals surface area contributed by atoms with Gasteiger partial charge in [0.15, 0.2) is 0 Å². The highest BCUT2D eigenvalue weighted by molar-refractivity contribution is 5.86. The van der Waals surface area contributed by atoms with E-state index in [2.05, 4.69) is 11.0 Å². The number of likely N-dealkylation sites (tertiary alicyclic amines) is 1. The van der Waals surface area contributed by atoms with Crippen molar-refractivity contribution in [3.8, 4) is 6.07 Å². The SMILES string of the molecule is N#CCCN1CC[C@@H](n2cccc(C(=O)O)c2=O)C1. The minimum atomic E-state index is -1.20. The fourth-order valence-corrected chi connectivity index (χ4v) is 2.41. The number of nitriles is 1. The maximum atomic E-state index is 12.0. The van der Waals surface area contributed by atoms with Crippen molar-refractivity contribution in [2.45, 2.75) is 18.9 Å². The molecule has 1 saturated heterocycles. The largest absolute Gasteiger partial charge is 0.477 e. The Labute approximate surface area is 110 Å². The molecule has 1 atom stereocenters. The van der Waals surface area contributed by atoms with E-state index in [0.29, 0.717) is 19.5 Å². The van der Waals surface area contributed by atoms with Crippen LogP contribution < -0.4 is 5.56 Å². The van der Waals surface area contributed by atoms with Crippen LogP contribution >= 0.6 is 0 Å². The number of carboxylic acid groups (broad SMARTS) is 1. The van der Waals surface area contributed by atoms with Crippen LogP contribution in [0.3, 0.4) is 0 Å². The van der Waals surface area contributed by atoms with Gasteiger partial charge in [-0.2, -0.15) is 5.26 Å². The summed E-state index contributed by atoms with van der Waals surface area (Å²) in [5.41, 5.74) is -0.653. The molecule has 6 nitrogen and oxygen atoms in total. The number of pyridine rings is 1. The van der Waals surface area contributed by atoms with Crippen LogP contribution in [0.25, 0.3) is 0 Å². The molecule has 2 rings (SSSR count). The molecule has 1 aliphatic heterocycles. The summed E-state index contributed by atoms with van der Waals surface area (Å²) in [6.07, 6.45) is 2.90. The van der Waals surface area contributed by atoms with Crippen LogP contribution in [0, 0.1) is 11.3 Å². The molecule has 0 aliphatic carbocycles. The Hall–Kier alpha value is -2.13. The van der Waals surface area contributed by atoms with Crippen molar-refractivity contribution in [3.05, 3.63) is 34.2 Å². The number of rotatable bonds is 4. The van der Waals surface area contributed by atoms with Crippen molar-refractivity contribution in [2.75, 3.05) is 19.6 Å². The molecule has 1 aliphatic rings. The lowest BCUT2D eigenvalue weighted by atomic mass is 10.2. The maximum absolute atomic E-state index is 12.0. The number of aromatic nitrogens is 1. The number of hydrogen-bond donors (Lipinski definition) is 1. The zero-order chi connectivity index (χ0) is 13.8. The Kier molecular flexibility index (Phi) is 3.97. The molecule has 1 aromatic rings. The second kappa shape index (κ2) is 5.67. The average molecular weight is 261 g/mol. The smallest absolute Gasteiger partial charge is 0.341 e. The normalized spacial score (nSPS) is 19.2. The lowest BCUT2D eigenvalue weighted by Crippen LogP contribution is -2.30. The van der Waals surface area contributed by atoms with Crippen molar-refractivity contribution in [2.24, 2.45) is 0 Å². The van der Waals surface area contributed by atoms with E-state index in [1.54, 1.807) is 12.3 Å². The van der Waals surface area contributed by atoms with E-state index >= 15 is 0 Å². The third kappa shape index (κ3) is 2.83. The molecule has 0 radical (unpaired) electrons. The topological polar surface area (TPSA) is 86.3 Å². The molecule has 0 saturated carbocycles. The zero-order valence-electron chi connectivity index (χ0n) is 10.5. The first kappa shape index (κ1) is 13.3. The number of aromatic carboxylic acids is 1. The summed E-state index contributed by atoms with van der Waals surface area (Å²) < 4.78 is 1.50. The maximum Gasteiger partial charge on any atom is 0.341 e. The van der Waals surface area contributed by atoms with Gasteiger partial charge in [-0.1, -0.05) is 0 Å². The highest BCUT2D eigenvalue weighted by atomic mass is 16.4. The van der Waals surface area contributed by atoms with Gasteiger partial charge in [-0.3, -0.25) is 4.79 Å². The summed E-state index contributed by atoms with van der Waals surface area (Å²) >= 11 is 0. The van der Waals surface area contributed by atoms with E-state index in [4.69, 9.17) is 10.4 Å². The van der Waals surface area contributed by atoms with Crippen LogP contribution in [0.5, 0.6) is 0 Å². The van der Waals surface area contributed by atoms with Crippen LogP contribution in [0.2, 0.25) is 0 Å². The van der Waals surface area contributed by atoms with E-state index < -0.39 is 11.5 Å². The van der Waals surface area contributed by atoms with Gasteiger partial charge in [-0.25, -0.2) is 4.79 Å². The highest BCUT2D eigenvalue weighted by Crippen LogP contribution is 2.20. The Balaban J connectivity index is 2.16. The quantitative estimate of drug-likeness (QED) is 0.862. The molecule has 1 fully saturated rings. The lowest BCUT2D eigenvalue weighted by molar-refractivity contribution is 0.0694. The summed E-state index contributed by atoms with van der Waals surface area (Å²) in [6.45, 7) is 2.21. The van der Waals surface area contributed by atoms with Crippen LogP contribution in [0.4, 0.5) is 0 Å². The van der Waals surface area contributed by atoms with Crippen molar-refractivity contribution in [3.63, 3.8) is 0 Å². The first-order valence-electron chi connectivity index (χ1n) is 6.17. The average Bonchev–Trinajstić information content (AvgIpc) is 2.84. The molecule has 19 heavy (non-hydrogen) atoms. The second-order valence-electron chi connectivity index (χ2n) is 4.59. The monoisotopic (exact) mass is 261 g/mol. The Morgan fingerprint density at radius 3 is 3.05 bits per heavy atom. The van der Waals surface area contributed by atoms with Gasteiger partial charge in [0.2, 0.25) is 0 Å². The predicted molar refractivity (Wildman–Crippen MR) is 68.0 cm³/mol. The van der Waals surface area contributed by atoms with Gasteiger partial charge in [-0.15, -0.1) is 0 Å². The van der Waals surface area contributed by atoms with E-state index in [-0.39, 0.29) is 11.6 Å². The van der Waals surface area contributed by atoms with E-state index in [1.807, 2.05) is 0 Å². The highest BCUT2D eigenvalue weighted by Gasteiger charge is 2.25. The number of carbonyl (C=O) groups is 1. The zero-order valence-corrected chi connectivity index (χ0v) is 10.5. The standard InChI is InChI=1S/C13H15N3O3/c14-5-2-6-15-8-4-10(9-15)16-7-1-3-11(12(16)17)13(18)19/h1,3,7,10H,2,4,6,8-9H2,(H,18,19)/t10-/m1/s1. The lowest BCUT2D eigenvalue weighted by Gasteiger charge is -2.16. The fourth-order valence-electron chi connectivity index (χ4n) is 2.41. The first-order chi connectivity index (χ1) is 9.13. The summed E-state index contributed by atoms with van der Waals surface area (Å²) in [7, 11) is 0. The van der Waals surface area contributed by atoms with E-state index in [9.17, 15) is 9.59 Å². The van der Waals surface area contributed by atoms with E-state index in [1.165, 1.54) is 10.6 Å². The summed E-state index contributed by atoms with van der Waals surface area (Å²) in [5.74, 6) is -1.20. The summed E-state index contributed by atoms with van der Waals surface area (Å²) in [5, 5.41) is 17.5. The third-order valence-electron chi connectivity index (χ3n) is 3.39. The number of carboxylic acids is 1.